The maximum absolute atomic E-state index is 5.14. The van der Waals surface area contributed by atoms with Crippen molar-refractivity contribution in [3.05, 3.63) is 89.9 Å². The Morgan fingerprint density at radius 2 is 1.68 bits per heavy atom. The average Bonchev–Trinajstić information content (AvgIpc) is 3.32. The van der Waals surface area contributed by atoms with Gasteiger partial charge in [-0.05, 0) is 61.8 Å². The van der Waals surface area contributed by atoms with Crippen LogP contribution in [-0.4, -0.2) is 45.4 Å². The third-order valence-electron chi connectivity index (χ3n) is 8.60. The Balaban J connectivity index is 1.27. The highest BCUT2D eigenvalue weighted by Crippen LogP contribution is 2.32. The van der Waals surface area contributed by atoms with Crippen LogP contribution in [0.3, 0.4) is 0 Å². The summed E-state index contributed by atoms with van der Waals surface area (Å²) in [6.07, 6.45) is 18.3. The quantitative estimate of drug-likeness (QED) is 0.362. The van der Waals surface area contributed by atoms with E-state index >= 15 is 0 Å². The summed E-state index contributed by atoms with van der Waals surface area (Å²) < 4.78 is 2.35. The van der Waals surface area contributed by atoms with Crippen LogP contribution in [0.1, 0.15) is 61.8 Å². The van der Waals surface area contributed by atoms with Crippen molar-refractivity contribution in [2.45, 2.75) is 58.4 Å². The molecule has 2 aliphatic carbocycles. The van der Waals surface area contributed by atoms with E-state index in [1.165, 1.54) is 65.8 Å². The van der Waals surface area contributed by atoms with Crippen molar-refractivity contribution in [2.24, 2.45) is 5.92 Å². The minimum absolute atomic E-state index is 0.703. The van der Waals surface area contributed by atoms with Crippen LogP contribution in [0.15, 0.2) is 73.1 Å². The van der Waals surface area contributed by atoms with E-state index in [0.29, 0.717) is 5.92 Å². The Hall–Kier alpha value is -3.11. The van der Waals surface area contributed by atoms with Crippen molar-refractivity contribution < 1.29 is 0 Å². The molecule has 192 valence electrons. The molecule has 3 aliphatic rings. The molecule has 1 aliphatic heterocycles. The number of imidazole rings is 1. The molecule has 0 unspecified atom stereocenters. The first-order chi connectivity index (χ1) is 18.2. The van der Waals surface area contributed by atoms with E-state index in [1.807, 2.05) is 0 Å². The first-order valence-corrected chi connectivity index (χ1v) is 14.3. The molecule has 0 bridgehead atoms. The van der Waals surface area contributed by atoms with Gasteiger partial charge in [-0.2, -0.15) is 0 Å². The molecule has 2 fully saturated rings. The zero-order valence-electron chi connectivity index (χ0n) is 22.3. The van der Waals surface area contributed by atoms with Crippen LogP contribution in [-0.2, 0) is 6.54 Å². The molecule has 3 aromatic rings. The van der Waals surface area contributed by atoms with E-state index in [1.54, 1.807) is 0 Å². The third-order valence-corrected chi connectivity index (χ3v) is 8.60. The Labute approximate surface area is 222 Å². The van der Waals surface area contributed by atoms with E-state index in [-0.39, 0.29) is 0 Å². The Bertz CT molecular complexity index is 1310. The van der Waals surface area contributed by atoms with Crippen LogP contribution in [0.2, 0.25) is 0 Å². The highest BCUT2D eigenvalue weighted by atomic mass is 15.3. The summed E-state index contributed by atoms with van der Waals surface area (Å²) in [5.74, 6) is 0.703. The van der Waals surface area contributed by atoms with Crippen molar-refractivity contribution in [1.29, 1.82) is 0 Å². The van der Waals surface area contributed by atoms with Crippen LogP contribution in [0.25, 0.3) is 22.5 Å². The van der Waals surface area contributed by atoms with Gasteiger partial charge in [0.2, 0.25) is 0 Å². The summed E-state index contributed by atoms with van der Waals surface area (Å²) >= 11 is 0. The van der Waals surface area contributed by atoms with Gasteiger partial charge in [0.15, 0.2) is 0 Å². The number of hydrogen-bond donors (Lipinski definition) is 0. The molecule has 6 rings (SSSR count). The second kappa shape index (κ2) is 10.7. The highest BCUT2D eigenvalue weighted by molar-refractivity contribution is 5.76. The fraction of sp³-hybridized carbons (Fsp3) is 0.424. The van der Waals surface area contributed by atoms with Crippen LogP contribution in [0.4, 0.5) is 0 Å². The summed E-state index contributed by atoms with van der Waals surface area (Å²) in [5, 5.41) is 0. The summed E-state index contributed by atoms with van der Waals surface area (Å²) in [6.45, 7) is 11.9. The molecule has 3 heterocycles. The van der Waals surface area contributed by atoms with Gasteiger partial charge < -0.3 is 9.30 Å². The number of aryl methyl sites for hydroxylation is 1. The van der Waals surface area contributed by atoms with Gasteiger partial charge in [0, 0.05) is 50.2 Å². The minimum atomic E-state index is 0.703. The van der Waals surface area contributed by atoms with E-state index < -0.39 is 0 Å². The largest absolute Gasteiger partial charge is 0.372 e. The predicted molar refractivity (Wildman–Crippen MR) is 154 cm³/mol. The Kier molecular flexibility index (Phi) is 7.01. The molecule has 4 heteroatoms. The highest BCUT2D eigenvalue weighted by Gasteiger charge is 2.26. The number of aromatic nitrogens is 2. The fourth-order valence-electron chi connectivity index (χ4n) is 6.28. The predicted octanol–water partition coefficient (Wildman–Crippen LogP) is 7.25. The van der Waals surface area contributed by atoms with Gasteiger partial charge in [-0.25, -0.2) is 4.98 Å². The average molecular weight is 493 g/mol. The third kappa shape index (κ3) is 5.17. The van der Waals surface area contributed by atoms with E-state index in [4.69, 9.17) is 4.98 Å². The van der Waals surface area contributed by atoms with Gasteiger partial charge in [0.25, 0.3) is 0 Å². The topological polar surface area (TPSA) is 23.8 Å². The normalized spacial score (nSPS) is 19.4. The SMILES string of the molecule is C=C(C1CCCCC1)N1CCN(Cc2c(-c3ccc(C)cc3)nc3ccc(C4=CCCC=C4)cn23)CC1. The first kappa shape index (κ1) is 24.2. The maximum atomic E-state index is 5.14. The summed E-state index contributed by atoms with van der Waals surface area (Å²) in [7, 11) is 0. The Morgan fingerprint density at radius 1 is 0.919 bits per heavy atom. The second-order valence-corrected chi connectivity index (χ2v) is 11.1. The summed E-state index contributed by atoms with van der Waals surface area (Å²) in [4.78, 5) is 10.3. The molecule has 0 N–H and O–H groups in total. The number of allylic oxidation sites excluding steroid dienone is 5. The van der Waals surface area contributed by atoms with Gasteiger partial charge in [-0.3, -0.25) is 4.90 Å². The molecule has 2 aromatic heterocycles. The molecule has 0 amide bonds. The van der Waals surface area contributed by atoms with Crippen LogP contribution >= 0.6 is 0 Å². The number of pyridine rings is 1. The van der Waals surface area contributed by atoms with Gasteiger partial charge in [-0.15, -0.1) is 0 Å². The smallest absolute Gasteiger partial charge is 0.137 e. The monoisotopic (exact) mass is 492 g/mol. The molecule has 1 aromatic carbocycles. The van der Waals surface area contributed by atoms with Crippen LogP contribution < -0.4 is 0 Å². The standard InChI is InChI=1S/C33H40N4/c1-25-13-15-29(16-14-25)33-31(37-23-30(17-18-32(37)34-33)28-11-7-4-8-12-28)24-35-19-21-36(22-20-35)26(2)27-9-5-3-6-10-27/h7,11-18,23,27H,2-6,8-10,19-22,24H2,1H3. The lowest BCUT2D eigenvalue weighted by molar-refractivity contribution is 0.137. The van der Waals surface area contributed by atoms with Gasteiger partial charge in [0.1, 0.15) is 5.65 Å². The first-order valence-electron chi connectivity index (χ1n) is 14.3. The van der Waals surface area contributed by atoms with Gasteiger partial charge in [-0.1, -0.05) is 73.9 Å². The summed E-state index contributed by atoms with van der Waals surface area (Å²) in [5.41, 5.74) is 9.89. The van der Waals surface area contributed by atoms with Crippen molar-refractivity contribution in [2.75, 3.05) is 26.2 Å². The zero-order chi connectivity index (χ0) is 25.2. The second-order valence-electron chi connectivity index (χ2n) is 11.1. The van der Waals surface area contributed by atoms with Crippen LogP contribution in [0.5, 0.6) is 0 Å². The van der Waals surface area contributed by atoms with E-state index in [2.05, 4.69) is 88.5 Å². The van der Waals surface area contributed by atoms with Gasteiger partial charge in [0.05, 0.1) is 11.4 Å². The molecule has 37 heavy (non-hydrogen) atoms. The lowest BCUT2D eigenvalue weighted by Crippen LogP contribution is -2.46. The van der Waals surface area contributed by atoms with E-state index in [0.717, 1.165) is 56.9 Å². The molecule has 0 spiro atoms. The molecular formula is C33H40N4. The molecule has 1 saturated carbocycles. The van der Waals surface area contributed by atoms with Crippen molar-refractivity contribution in [1.82, 2.24) is 19.2 Å². The fourth-order valence-corrected chi connectivity index (χ4v) is 6.28. The number of nitrogens with zero attached hydrogens (tertiary/aromatic N) is 4. The number of piperazine rings is 1. The molecule has 0 radical (unpaired) electrons. The van der Waals surface area contributed by atoms with Crippen molar-refractivity contribution in [3.63, 3.8) is 0 Å². The molecule has 0 atom stereocenters. The number of fused-ring (bicyclic) bond motifs is 1. The van der Waals surface area contributed by atoms with E-state index in [9.17, 15) is 0 Å². The van der Waals surface area contributed by atoms with Crippen molar-refractivity contribution in [3.8, 4) is 11.3 Å². The number of benzene rings is 1. The lowest BCUT2D eigenvalue weighted by Gasteiger charge is -2.40. The molecular weight excluding hydrogens is 452 g/mol. The Morgan fingerprint density at radius 3 is 2.41 bits per heavy atom. The minimum Gasteiger partial charge on any atom is -0.372 e. The van der Waals surface area contributed by atoms with Crippen molar-refractivity contribution >= 4 is 11.2 Å². The number of hydrogen-bond acceptors (Lipinski definition) is 3. The number of rotatable bonds is 6. The lowest BCUT2D eigenvalue weighted by atomic mass is 9.86. The van der Waals surface area contributed by atoms with Gasteiger partial charge >= 0.3 is 0 Å². The van der Waals surface area contributed by atoms with Crippen LogP contribution in [0, 0.1) is 12.8 Å². The molecule has 1 saturated heterocycles. The molecule has 4 nitrogen and oxygen atoms in total. The maximum Gasteiger partial charge on any atom is 0.137 e. The summed E-state index contributed by atoms with van der Waals surface area (Å²) in [6, 6.07) is 13.2. The zero-order valence-corrected chi connectivity index (χ0v) is 22.3.